The summed E-state index contributed by atoms with van der Waals surface area (Å²) in [6.07, 6.45) is 2.03. The Morgan fingerprint density at radius 3 is 2.11 bits per heavy atom. The van der Waals surface area contributed by atoms with E-state index in [9.17, 15) is 4.79 Å². The molecule has 0 radical (unpaired) electrons. The Balaban J connectivity index is 2.12. The van der Waals surface area contributed by atoms with Crippen molar-refractivity contribution in [2.45, 2.75) is 13.5 Å². The lowest BCUT2D eigenvalue weighted by Gasteiger charge is -2.26. The Labute approximate surface area is 160 Å². The van der Waals surface area contributed by atoms with Crippen LogP contribution in [0.1, 0.15) is 23.6 Å². The van der Waals surface area contributed by atoms with Crippen molar-refractivity contribution in [3.8, 4) is 5.75 Å². The van der Waals surface area contributed by atoms with Crippen LogP contribution in [0, 0.1) is 0 Å². The second kappa shape index (κ2) is 8.86. The van der Waals surface area contributed by atoms with Gasteiger partial charge in [0.05, 0.1) is 19.4 Å². The van der Waals surface area contributed by atoms with Crippen LogP contribution < -0.4 is 4.74 Å². The Bertz CT molecular complexity index is 917. The highest BCUT2D eigenvalue weighted by Gasteiger charge is 2.19. The number of carbonyl (C=O) groups is 1. The van der Waals surface area contributed by atoms with Gasteiger partial charge in [0, 0.05) is 12.5 Å². The lowest BCUT2D eigenvalue weighted by molar-refractivity contribution is -0.126. The van der Waals surface area contributed by atoms with E-state index >= 15 is 0 Å². The van der Waals surface area contributed by atoms with E-state index in [-0.39, 0.29) is 5.91 Å². The molecule has 0 atom stereocenters. The minimum atomic E-state index is -0.0214. The SMILES string of the molecule is COc1ccccc1/C(=C/c1ccccc1)N(Cc1ccccc1)C(C)=O. The molecular formula is C24H23NO2. The van der Waals surface area contributed by atoms with E-state index in [0.29, 0.717) is 6.54 Å². The first-order chi connectivity index (χ1) is 13.2. The van der Waals surface area contributed by atoms with Crippen LogP contribution in [-0.4, -0.2) is 17.9 Å². The summed E-state index contributed by atoms with van der Waals surface area (Å²) in [5, 5.41) is 0. The van der Waals surface area contributed by atoms with E-state index in [1.165, 1.54) is 0 Å². The van der Waals surface area contributed by atoms with Crippen LogP contribution in [0.25, 0.3) is 11.8 Å². The lowest BCUT2D eigenvalue weighted by atomic mass is 10.0. The van der Waals surface area contributed by atoms with Crippen molar-refractivity contribution in [1.82, 2.24) is 4.90 Å². The smallest absolute Gasteiger partial charge is 0.224 e. The summed E-state index contributed by atoms with van der Waals surface area (Å²) in [4.78, 5) is 14.4. The monoisotopic (exact) mass is 357 g/mol. The summed E-state index contributed by atoms with van der Waals surface area (Å²) >= 11 is 0. The van der Waals surface area contributed by atoms with E-state index in [4.69, 9.17) is 4.74 Å². The first kappa shape index (κ1) is 18.5. The van der Waals surface area contributed by atoms with Gasteiger partial charge in [-0.2, -0.15) is 0 Å². The molecule has 0 unspecified atom stereocenters. The second-order valence-corrected chi connectivity index (χ2v) is 6.23. The molecule has 0 aromatic heterocycles. The Kier molecular flexibility index (Phi) is 6.06. The maximum Gasteiger partial charge on any atom is 0.224 e. The molecule has 27 heavy (non-hydrogen) atoms. The van der Waals surface area contributed by atoms with Crippen molar-refractivity contribution in [1.29, 1.82) is 0 Å². The molecule has 3 nitrogen and oxygen atoms in total. The number of para-hydroxylation sites is 1. The third-order valence-electron chi connectivity index (χ3n) is 4.34. The molecule has 0 saturated carbocycles. The predicted molar refractivity (Wildman–Crippen MR) is 110 cm³/mol. The van der Waals surface area contributed by atoms with Crippen molar-refractivity contribution >= 4 is 17.7 Å². The van der Waals surface area contributed by atoms with E-state index in [0.717, 1.165) is 28.1 Å². The van der Waals surface area contributed by atoms with Gasteiger partial charge in [0.1, 0.15) is 5.75 Å². The molecule has 3 aromatic rings. The van der Waals surface area contributed by atoms with Crippen molar-refractivity contribution < 1.29 is 9.53 Å². The summed E-state index contributed by atoms with van der Waals surface area (Å²) in [5.74, 6) is 0.714. The van der Waals surface area contributed by atoms with Crippen molar-refractivity contribution in [3.05, 3.63) is 102 Å². The summed E-state index contributed by atoms with van der Waals surface area (Å²) in [6.45, 7) is 2.09. The highest BCUT2D eigenvalue weighted by molar-refractivity contribution is 5.92. The van der Waals surface area contributed by atoms with Crippen LogP contribution in [0.15, 0.2) is 84.9 Å². The van der Waals surface area contributed by atoms with Crippen molar-refractivity contribution in [2.24, 2.45) is 0 Å². The fraction of sp³-hybridized carbons (Fsp3) is 0.125. The number of methoxy groups -OCH3 is 1. The normalized spacial score (nSPS) is 11.1. The van der Waals surface area contributed by atoms with Gasteiger partial charge in [-0.25, -0.2) is 0 Å². The molecule has 0 aliphatic heterocycles. The van der Waals surface area contributed by atoms with Gasteiger partial charge < -0.3 is 9.64 Å². The first-order valence-corrected chi connectivity index (χ1v) is 8.91. The number of carbonyl (C=O) groups excluding carboxylic acids is 1. The number of ether oxygens (including phenoxy) is 1. The van der Waals surface area contributed by atoms with Crippen LogP contribution in [0.5, 0.6) is 5.75 Å². The van der Waals surface area contributed by atoms with Gasteiger partial charge >= 0.3 is 0 Å². The summed E-state index contributed by atoms with van der Waals surface area (Å²) in [6, 6.07) is 27.8. The molecule has 1 amide bonds. The van der Waals surface area contributed by atoms with Gasteiger partial charge in [-0.1, -0.05) is 72.8 Å². The maximum atomic E-state index is 12.6. The quantitative estimate of drug-likeness (QED) is 0.565. The second-order valence-electron chi connectivity index (χ2n) is 6.23. The minimum Gasteiger partial charge on any atom is -0.496 e. The molecule has 0 heterocycles. The molecule has 0 aliphatic carbocycles. The van der Waals surface area contributed by atoms with Crippen molar-refractivity contribution in [3.63, 3.8) is 0 Å². The van der Waals surface area contributed by atoms with E-state index in [1.54, 1.807) is 18.9 Å². The summed E-state index contributed by atoms with van der Waals surface area (Å²) in [7, 11) is 1.65. The molecule has 0 saturated heterocycles. The zero-order valence-corrected chi connectivity index (χ0v) is 15.6. The summed E-state index contributed by atoms with van der Waals surface area (Å²) < 4.78 is 5.57. The predicted octanol–water partition coefficient (Wildman–Crippen LogP) is 5.24. The molecule has 0 bridgehead atoms. The van der Waals surface area contributed by atoms with Gasteiger partial charge in [0.15, 0.2) is 0 Å². The molecule has 0 N–H and O–H groups in total. The molecule has 0 fully saturated rings. The number of hydrogen-bond acceptors (Lipinski definition) is 2. The molecular weight excluding hydrogens is 334 g/mol. The van der Waals surface area contributed by atoms with Gasteiger partial charge in [-0.15, -0.1) is 0 Å². The maximum absolute atomic E-state index is 12.6. The standard InChI is InChI=1S/C24H23NO2/c1-19(26)25(18-21-13-7-4-8-14-21)23(17-20-11-5-3-6-12-20)22-15-9-10-16-24(22)27-2/h3-17H,18H2,1-2H3/b23-17-. The lowest BCUT2D eigenvalue weighted by Crippen LogP contribution is -2.27. The summed E-state index contributed by atoms with van der Waals surface area (Å²) in [5.41, 5.74) is 3.80. The van der Waals surface area contributed by atoms with Gasteiger partial charge in [0.2, 0.25) is 5.91 Å². The largest absolute Gasteiger partial charge is 0.496 e. The molecule has 3 heteroatoms. The van der Waals surface area contributed by atoms with Gasteiger partial charge in [-0.05, 0) is 29.3 Å². The third-order valence-corrected chi connectivity index (χ3v) is 4.34. The number of hydrogen-bond donors (Lipinski definition) is 0. The molecule has 3 rings (SSSR count). The zero-order chi connectivity index (χ0) is 19.1. The van der Waals surface area contributed by atoms with Crippen LogP contribution in [0.3, 0.4) is 0 Å². The van der Waals surface area contributed by atoms with E-state index in [2.05, 4.69) is 0 Å². The van der Waals surface area contributed by atoms with Gasteiger partial charge in [-0.3, -0.25) is 4.79 Å². The third kappa shape index (κ3) is 4.64. The Morgan fingerprint density at radius 1 is 0.889 bits per heavy atom. The Hall–Kier alpha value is -3.33. The average molecular weight is 357 g/mol. The van der Waals surface area contributed by atoms with Crippen LogP contribution >= 0.6 is 0 Å². The molecule has 0 aliphatic rings. The zero-order valence-electron chi connectivity index (χ0n) is 15.6. The number of amides is 1. The van der Waals surface area contributed by atoms with E-state index in [1.807, 2.05) is 91.0 Å². The van der Waals surface area contributed by atoms with E-state index < -0.39 is 0 Å². The Morgan fingerprint density at radius 2 is 1.48 bits per heavy atom. The number of rotatable bonds is 6. The van der Waals surface area contributed by atoms with Crippen LogP contribution in [0.4, 0.5) is 0 Å². The molecule has 0 spiro atoms. The average Bonchev–Trinajstić information content (AvgIpc) is 2.72. The number of nitrogens with zero attached hydrogens (tertiary/aromatic N) is 1. The van der Waals surface area contributed by atoms with Crippen LogP contribution in [-0.2, 0) is 11.3 Å². The first-order valence-electron chi connectivity index (χ1n) is 8.91. The topological polar surface area (TPSA) is 29.5 Å². The fourth-order valence-corrected chi connectivity index (χ4v) is 3.00. The highest BCUT2D eigenvalue weighted by atomic mass is 16.5. The van der Waals surface area contributed by atoms with Gasteiger partial charge in [0.25, 0.3) is 0 Å². The highest BCUT2D eigenvalue weighted by Crippen LogP contribution is 2.31. The fourth-order valence-electron chi connectivity index (χ4n) is 3.00. The van der Waals surface area contributed by atoms with Crippen molar-refractivity contribution in [2.75, 3.05) is 7.11 Å². The number of benzene rings is 3. The minimum absolute atomic E-state index is 0.0214. The molecule has 3 aromatic carbocycles. The van der Waals surface area contributed by atoms with Crippen LogP contribution in [0.2, 0.25) is 0 Å². The molecule has 136 valence electrons.